The molecule has 1 aromatic rings. The van der Waals surface area contributed by atoms with Crippen molar-refractivity contribution in [3.05, 3.63) is 35.4 Å². The van der Waals surface area contributed by atoms with E-state index in [4.69, 9.17) is 20.9 Å². The van der Waals surface area contributed by atoms with Crippen molar-refractivity contribution in [1.82, 2.24) is 0 Å². The third-order valence-electron chi connectivity index (χ3n) is 2.97. The summed E-state index contributed by atoms with van der Waals surface area (Å²) in [6.45, 7) is 3.45. The Morgan fingerprint density at radius 1 is 1.53 bits per heavy atom. The average Bonchev–Trinajstić information content (AvgIpc) is 2.63. The first-order chi connectivity index (χ1) is 8.82. The van der Waals surface area contributed by atoms with Crippen LogP contribution in [0.5, 0.6) is 0 Å². The van der Waals surface area contributed by atoms with Crippen LogP contribution in [0.3, 0.4) is 0 Å². The zero-order chi connectivity index (χ0) is 14.3. The zero-order valence-corrected chi connectivity index (χ0v) is 12.1. The lowest BCUT2D eigenvalue weighted by atomic mass is 10.1. The third kappa shape index (κ3) is 2.32. The smallest absolute Gasteiger partial charge is 0.392 e. The molecule has 1 aliphatic rings. The van der Waals surface area contributed by atoms with E-state index < -0.39 is 24.5 Å². The Hall–Kier alpha value is -0.870. The lowest BCUT2D eigenvalue weighted by molar-refractivity contribution is 0.0346. The van der Waals surface area contributed by atoms with Crippen LogP contribution in [0.25, 0.3) is 0 Å². The van der Waals surface area contributed by atoms with Gasteiger partial charge in [0, 0.05) is 5.56 Å². The molecule has 0 aliphatic carbocycles. The van der Waals surface area contributed by atoms with Crippen molar-refractivity contribution < 1.29 is 23.5 Å². The van der Waals surface area contributed by atoms with Gasteiger partial charge in [-0.3, -0.25) is 4.57 Å². The van der Waals surface area contributed by atoms with E-state index >= 15 is 0 Å². The Labute approximate surface area is 116 Å². The summed E-state index contributed by atoms with van der Waals surface area (Å²) in [4.78, 5) is 19.6. The minimum Gasteiger partial charge on any atom is -0.422 e. The summed E-state index contributed by atoms with van der Waals surface area (Å²) >= 11 is 6.11. The van der Waals surface area contributed by atoms with Gasteiger partial charge in [0.15, 0.2) is 0 Å². The molecular formula is C12H14ClO5P. The van der Waals surface area contributed by atoms with Crippen molar-refractivity contribution in [1.29, 1.82) is 0 Å². The first kappa shape index (κ1) is 14.5. The normalized spacial score (nSPS) is 26.4. The molecular weight excluding hydrogens is 291 g/mol. The van der Waals surface area contributed by atoms with Crippen LogP contribution >= 0.6 is 19.2 Å². The van der Waals surface area contributed by atoms with Crippen LogP contribution in [0.15, 0.2) is 24.3 Å². The molecule has 1 heterocycles. The van der Waals surface area contributed by atoms with E-state index in [-0.39, 0.29) is 11.1 Å². The molecule has 5 nitrogen and oxygen atoms in total. The van der Waals surface area contributed by atoms with Gasteiger partial charge in [0.25, 0.3) is 0 Å². The van der Waals surface area contributed by atoms with Crippen LogP contribution in [0.4, 0.5) is 0 Å². The lowest BCUT2D eigenvalue weighted by Gasteiger charge is -2.28. The molecule has 1 aromatic carbocycles. The van der Waals surface area contributed by atoms with Gasteiger partial charge in [0.05, 0.1) is 11.7 Å². The number of halogens is 1. The monoisotopic (exact) mass is 304 g/mol. The summed E-state index contributed by atoms with van der Waals surface area (Å²) in [5, 5.41) is 0. The predicted molar refractivity (Wildman–Crippen MR) is 70.1 cm³/mol. The highest BCUT2D eigenvalue weighted by molar-refractivity contribution is 7.56. The largest absolute Gasteiger partial charge is 0.422 e. The Bertz CT molecular complexity index is 561. The minimum absolute atomic E-state index is 0.163. The van der Waals surface area contributed by atoms with Gasteiger partial charge in [-0.05, 0) is 19.4 Å². The predicted octanol–water partition coefficient (Wildman–Crippen LogP) is 3.21. The van der Waals surface area contributed by atoms with Crippen molar-refractivity contribution in [2.24, 2.45) is 0 Å². The number of rotatable bonds is 4. The summed E-state index contributed by atoms with van der Waals surface area (Å²) in [7, 11) is -4.37. The lowest BCUT2D eigenvalue weighted by Crippen LogP contribution is -2.22. The average molecular weight is 305 g/mol. The molecule has 0 saturated carbocycles. The summed E-state index contributed by atoms with van der Waals surface area (Å²) < 4.78 is 22.3. The van der Waals surface area contributed by atoms with Crippen molar-refractivity contribution in [3.8, 4) is 0 Å². The van der Waals surface area contributed by atoms with Crippen LogP contribution in [-0.4, -0.2) is 17.0 Å². The fraction of sp³-hybridized carbons (Fsp3) is 0.417. The van der Waals surface area contributed by atoms with E-state index in [2.05, 4.69) is 0 Å². The molecule has 7 heteroatoms. The number of cyclic esters (lactones) is 1. The topological polar surface area (TPSA) is 72.8 Å². The first-order valence-corrected chi connectivity index (χ1v) is 7.80. The van der Waals surface area contributed by atoms with Gasteiger partial charge in [0.2, 0.25) is 0 Å². The molecule has 0 amide bonds. The third-order valence-corrected chi connectivity index (χ3v) is 5.59. The zero-order valence-electron chi connectivity index (χ0n) is 10.5. The molecule has 1 aliphatic heterocycles. The number of esters is 1. The standard InChI is InChI=1S/C12H14ClO5P/c1-3-8(2)18-19(15,16)12(13)10-7-5-4-6-9(10)11(14)17-12/h4-8H,3H2,1-2H3,(H,15,16). The summed E-state index contributed by atoms with van der Waals surface area (Å²) in [6, 6.07) is 6.21. The van der Waals surface area contributed by atoms with E-state index in [1.54, 1.807) is 26.0 Å². The van der Waals surface area contributed by atoms with Crippen molar-refractivity contribution in [2.75, 3.05) is 0 Å². The molecule has 0 spiro atoms. The van der Waals surface area contributed by atoms with Crippen LogP contribution in [0.1, 0.15) is 36.2 Å². The van der Waals surface area contributed by atoms with Gasteiger partial charge < -0.3 is 14.2 Å². The van der Waals surface area contributed by atoms with E-state index in [9.17, 15) is 14.3 Å². The van der Waals surface area contributed by atoms with Crippen LogP contribution in [0.2, 0.25) is 0 Å². The van der Waals surface area contributed by atoms with Crippen LogP contribution < -0.4 is 0 Å². The Kier molecular flexibility index (Phi) is 3.76. The molecule has 0 saturated heterocycles. The molecule has 0 fully saturated rings. The number of fused-ring (bicyclic) bond motifs is 1. The number of ether oxygens (including phenoxy) is 1. The second kappa shape index (κ2) is 4.91. The maximum Gasteiger partial charge on any atom is 0.392 e. The van der Waals surface area contributed by atoms with Gasteiger partial charge in [-0.1, -0.05) is 36.7 Å². The number of alkyl halides is 1. The first-order valence-electron chi connectivity index (χ1n) is 5.85. The van der Waals surface area contributed by atoms with Gasteiger partial charge in [-0.25, -0.2) is 4.79 Å². The van der Waals surface area contributed by atoms with Crippen molar-refractivity contribution >= 4 is 25.2 Å². The fourth-order valence-corrected chi connectivity index (χ4v) is 3.58. The molecule has 3 unspecified atom stereocenters. The van der Waals surface area contributed by atoms with Crippen molar-refractivity contribution in [2.45, 2.75) is 31.2 Å². The second-order valence-corrected chi connectivity index (χ2v) is 7.02. The number of hydrogen-bond acceptors (Lipinski definition) is 4. The number of benzene rings is 1. The Morgan fingerprint density at radius 3 is 2.79 bits per heavy atom. The highest BCUT2D eigenvalue weighted by Gasteiger charge is 2.59. The van der Waals surface area contributed by atoms with Gasteiger partial charge >= 0.3 is 18.4 Å². The summed E-state index contributed by atoms with van der Waals surface area (Å²) in [5.74, 6) is -0.729. The van der Waals surface area contributed by atoms with Gasteiger partial charge in [-0.2, -0.15) is 0 Å². The van der Waals surface area contributed by atoms with E-state index in [0.717, 1.165) is 0 Å². The quantitative estimate of drug-likeness (QED) is 0.525. The Morgan fingerprint density at radius 2 is 2.16 bits per heavy atom. The number of carbonyl (C=O) groups is 1. The van der Waals surface area contributed by atoms with Gasteiger partial charge in [0.1, 0.15) is 0 Å². The highest BCUT2D eigenvalue weighted by atomic mass is 35.5. The second-order valence-electron chi connectivity index (χ2n) is 4.34. The van der Waals surface area contributed by atoms with Crippen LogP contribution in [0, 0.1) is 0 Å². The van der Waals surface area contributed by atoms with Crippen molar-refractivity contribution in [3.63, 3.8) is 0 Å². The maximum absolute atomic E-state index is 12.3. The SMILES string of the molecule is CCC(C)OP(=O)(O)C1(Cl)OC(=O)c2ccccc21. The molecule has 0 bridgehead atoms. The maximum atomic E-state index is 12.3. The van der Waals surface area contributed by atoms with Crippen LogP contribution in [-0.2, 0) is 18.6 Å². The fourth-order valence-electron chi connectivity index (χ4n) is 1.76. The highest BCUT2D eigenvalue weighted by Crippen LogP contribution is 2.67. The molecule has 19 heavy (non-hydrogen) atoms. The van der Waals surface area contributed by atoms with Gasteiger partial charge in [-0.15, -0.1) is 0 Å². The van der Waals surface area contributed by atoms with E-state index in [0.29, 0.717) is 6.42 Å². The Balaban J connectivity index is 2.45. The summed E-state index contributed by atoms with van der Waals surface area (Å²) in [6.07, 6.45) is 0.0607. The number of hydrogen-bond donors (Lipinski definition) is 1. The summed E-state index contributed by atoms with van der Waals surface area (Å²) in [5.41, 5.74) is 0.343. The van der Waals surface area contributed by atoms with E-state index in [1.807, 2.05) is 0 Å². The molecule has 104 valence electrons. The molecule has 0 radical (unpaired) electrons. The number of carbonyl (C=O) groups excluding carboxylic acids is 1. The molecule has 3 atom stereocenters. The molecule has 1 N–H and O–H groups in total. The van der Waals surface area contributed by atoms with E-state index in [1.165, 1.54) is 12.1 Å². The minimum atomic E-state index is -4.37. The molecule has 2 rings (SSSR count). The molecule has 0 aromatic heterocycles.